The Hall–Kier alpha value is -2.35. The molecular weight excluding hydrogens is 270 g/mol. The standard InChI is InChI=1S/C12H12F2N4O2/c1-16(6-9-2-3-10(13)4-12(9)14)8-17-7-11(5-15-17)18(19)20/h2-5,7H,6,8H2,1H3. The van der Waals surface area contributed by atoms with Gasteiger partial charge in [-0.25, -0.2) is 8.78 Å². The molecule has 0 aliphatic heterocycles. The van der Waals surface area contributed by atoms with Gasteiger partial charge in [-0.3, -0.25) is 19.7 Å². The normalized spacial score (nSPS) is 11.0. The van der Waals surface area contributed by atoms with Crippen molar-refractivity contribution < 1.29 is 13.7 Å². The molecule has 0 fully saturated rings. The Morgan fingerprint density at radius 2 is 2.20 bits per heavy atom. The Morgan fingerprint density at radius 1 is 1.45 bits per heavy atom. The van der Waals surface area contributed by atoms with E-state index in [4.69, 9.17) is 0 Å². The molecule has 0 aliphatic carbocycles. The third-order valence-corrected chi connectivity index (χ3v) is 2.67. The molecule has 0 saturated carbocycles. The smallest absolute Gasteiger partial charge is 0.283 e. The van der Waals surface area contributed by atoms with E-state index < -0.39 is 16.6 Å². The van der Waals surface area contributed by atoms with Gasteiger partial charge in [0.25, 0.3) is 0 Å². The van der Waals surface area contributed by atoms with Crippen LogP contribution in [-0.4, -0.2) is 26.7 Å². The number of hydrogen-bond acceptors (Lipinski definition) is 4. The van der Waals surface area contributed by atoms with Crippen LogP contribution >= 0.6 is 0 Å². The zero-order valence-electron chi connectivity index (χ0n) is 10.7. The highest BCUT2D eigenvalue weighted by molar-refractivity contribution is 5.21. The zero-order chi connectivity index (χ0) is 14.7. The molecule has 0 bridgehead atoms. The van der Waals surface area contributed by atoms with Crippen LogP contribution in [0.3, 0.4) is 0 Å². The van der Waals surface area contributed by atoms with Crippen molar-refractivity contribution in [3.8, 4) is 0 Å². The van der Waals surface area contributed by atoms with Gasteiger partial charge in [0.15, 0.2) is 0 Å². The Morgan fingerprint density at radius 3 is 2.80 bits per heavy atom. The lowest BCUT2D eigenvalue weighted by Gasteiger charge is -2.16. The first-order valence-electron chi connectivity index (χ1n) is 5.75. The monoisotopic (exact) mass is 282 g/mol. The maximum absolute atomic E-state index is 13.5. The van der Waals surface area contributed by atoms with Gasteiger partial charge in [0, 0.05) is 18.2 Å². The van der Waals surface area contributed by atoms with E-state index >= 15 is 0 Å². The number of halogens is 2. The number of nitrogens with zero attached hydrogens (tertiary/aromatic N) is 4. The van der Waals surface area contributed by atoms with Crippen molar-refractivity contribution in [2.45, 2.75) is 13.2 Å². The largest absolute Gasteiger partial charge is 0.307 e. The maximum Gasteiger partial charge on any atom is 0.307 e. The summed E-state index contributed by atoms with van der Waals surface area (Å²) in [5.41, 5.74) is 0.238. The summed E-state index contributed by atoms with van der Waals surface area (Å²) in [5.74, 6) is -1.25. The minimum atomic E-state index is -0.628. The summed E-state index contributed by atoms with van der Waals surface area (Å²) in [6, 6.07) is 3.37. The van der Waals surface area contributed by atoms with Gasteiger partial charge in [-0.2, -0.15) is 5.10 Å². The summed E-state index contributed by atoms with van der Waals surface area (Å²) in [7, 11) is 1.70. The molecule has 0 saturated heterocycles. The van der Waals surface area contributed by atoms with Gasteiger partial charge in [-0.15, -0.1) is 0 Å². The number of benzene rings is 1. The van der Waals surface area contributed by atoms with Crippen LogP contribution in [-0.2, 0) is 13.2 Å². The fourth-order valence-corrected chi connectivity index (χ4v) is 1.76. The quantitative estimate of drug-likeness (QED) is 0.622. The second-order valence-corrected chi connectivity index (χ2v) is 4.39. The van der Waals surface area contributed by atoms with E-state index in [1.54, 1.807) is 11.9 Å². The third kappa shape index (κ3) is 3.35. The van der Waals surface area contributed by atoms with Crippen molar-refractivity contribution >= 4 is 5.69 Å². The van der Waals surface area contributed by atoms with Crippen LogP contribution in [0.2, 0.25) is 0 Å². The molecule has 2 aromatic rings. The van der Waals surface area contributed by atoms with Crippen LogP contribution < -0.4 is 0 Å². The fourth-order valence-electron chi connectivity index (χ4n) is 1.76. The molecular formula is C12H12F2N4O2. The fraction of sp³-hybridized carbons (Fsp3) is 0.250. The van der Waals surface area contributed by atoms with Crippen LogP contribution in [0.4, 0.5) is 14.5 Å². The second-order valence-electron chi connectivity index (χ2n) is 4.39. The van der Waals surface area contributed by atoms with Gasteiger partial charge in [-0.05, 0) is 13.1 Å². The van der Waals surface area contributed by atoms with Crippen molar-refractivity contribution in [2.75, 3.05) is 7.05 Å². The van der Waals surface area contributed by atoms with Crippen molar-refractivity contribution in [3.63, 3.8) is 0 Å². The highest BCUT2D eigenvalue weighted by atomic mass is 19.1. The summed E-state index contributed by atoms with van der Waals surface area (Å²) < 4.78 is 27.6. The number of hydrogen-bond donors (Lipinski definition) is 0. The average Bonchev–Trinajstić information content (AvgIpc) is 2.81. The van der Waals surface area contributed by atoms with E-state index in [2.05, 4.69) is 5.10 Å². The predicted octanol–water partition coefficient (Wildman–Crippen LogP) is 2.16. The van der Waals surface area contributed by atoms with Gasteiger partial charge in [-0.1, -0.05) is 6.07 Å². The van der Waals surface area contributed by atoms with E-state index in [0.29, 0.717) is 5.56 Å². The summed E-state index contributed by atoms with van der Waals surface area (Å²) in [6.07, 6.45) is 2.43. The molecule has 20 heavy (non-hydrogen) atoms. The molecule has 0 amide bonds. The van der Waals surface area contributed by atoms with E-state index in [9.17, 15) is 18.9 Å². The molecule has 0 spiro atoms. The first kappa shape index (κ1) is 14.1. The molecule has 1 aromatic heterocycles. The number of rotatable bonds is 5. The average molecular weight is 282 g/mol. The lowest BCUT2D eigenvalue weighted by atomic mass is 10.2. The third-order valence-electron chi connectivity index (χ3n) is 2.67. The highest BCUT2D eigenvalue weighted by Gasteiger charge is 2.11. The molecule has 2 rings (SSSR count). The van der Waals surface area contributed by atoms with Crippen LogP contribution in [0.15, 0.2) is 30.6 Å². The molecule has 8 heteroatoms. The molecule has 1 heterocycles. The van der Waals surface area contributed by atoms with E-state index in [1.165, 1.54) is 23.0 Å². The first-order chi connectivity index (χ1) is 9.45. The van der Waals surface area contributed by atoms with E-state index in [0.717, 1.165) is 12.3 Å². The van der Waals surface area contributed by atoms with Crippen molar-refractivity contribution in [1.82, 2.24) is 14.7 Å². The second kappa shape index (κ2) is 5.74. The van der Waals surface area contributed by atoms with E-state index in [-0.39, 0.29) is 18.9 Å². The van der Waals surface area contributed by atoms with Crippen molar-refractivity contribution in [2.24, 2.45) is 0 Å². The number of nitro groups is 1. The summed E-state index contributed by atoms with van der Waals surface area (Å²) in [6.45, 7) is 0.491. The minimum absolute atomic E-state index is 0.105. The molecule has 0 aliphatic rings. The van der Waals surface area contributed by atoms with Gasteiger partial charge in [0.2, 0.25) is 0 Å². The van der Waals surface area contributed by atoms with Gasteiger partial charge < -0.3 is 0 Å². The predicted molar refractivity (Wildman–Crippen MR) is 66.7 cm³/mol. The topological polar surface area (TPSA) is 64.2 Å². The molecule has 106 valence electrons. The zero-order valence-corrected chi connectivity index (χ0v) is 10.7. The summed E-state index contributed by atoms with van der Waals surface area (Å²) in [5, 5.41) is 14.4. The Balaban J connectivity index is 2.01. The van der Waals surface area contributed by atoms with Crippen molar-refractivity contribution in [1.29, 1.82) is 0 Å². The lowest BCUT2D eigenvalue weighted by molar-refractivity contribution is -0.385. The van der Waals surface area contributed by atoms with Crippen LogP contribution in [0, 0.1) is 21.7 Å². The van der Waals surface area contributed by atoms with Crippen molar-refractivity contribution in [3.05, 3.63) is 57.9 Å². The molecule has 1 aromatic carbocycles. The maximum atomic E-state index is 13.5. The molecule has 6 nitrogen and oxygen atoms in total. The van der Waals surface area contributed by atoms with Crippen LogP contribution in [0.5, 0.6) is 0 Å². The molecule has 0 N–H and O–H groups in total. The number of aromatic nitrogens is 2. The molecule has 0 atom stereocenters. The van der Waals surface area contributed by atoms with Crippen LogP contribution in [0.25, 0.3) is 0 Å². The Labute approximate surface area is 113 Å². The highest BCUT2D eigenvalue weighted by Crippen LogP contribution is 2.13. The Kier molecular flexibility index (Phi) is 4.04. The first-order valence-corrected chi connectivity index (χ1v) is 5.75. The van der Waals surface area contributed by atoms with E-state index in [1.807, 2.05) is 0 Å². The van der Waals surface area contributed by atoms with Crippen LogP contribution in [0.1, 0.15) is 5.56 Å². The van der Waals surface area contributed by atoms with Gasteiger partial charge in [0.05, 0.1) is 11.6 Å². The van der Waals surface area contributed by atoms with Gasteiger partial charge in [0.1, 0.15) is 24.0 Å². The molecule has 0 radical (unpaired) electrons. The summed E-state index contributed by atoms with van der Waals surface area (Å²) >= 11 is 0. The molecule has 0 unspecified atom stereocenters. The van der Waals surface area contributed by atoms with Gasteiger partial charge >= 0.3 is 5.69 Å². The summed E-state index contributed by atoms with van der Waals surface area (Å²) in [4.78, 5) is 11.7. The lowest BCUT2D eigenvalue weighted by Crippen LogP contribution is -2.22. The Bertz CT molecular complexity index is 630. The SMILES string of the molecule is CN(Cc1ccc(F)cc1F)Cn1cc([N+](=O)[O-])cn1. The minimum Gasteiger partial charge on any atom is -0.283 e.